The summed E-state index contributed by atoms with van der Waals surface area (Å²) in [6, 6.07) is 7.39. The summed E-state index contributed by atoms with van der Waals surface area (Å²) in [4.78, 5) is 22.9. The van der Waals surface area contributed by atoms with Gasteiger partial charge in [-0.15, -0.1) is 0 Å². The van der Waals surface area contributed by atoms with Gasteiger partial charge in [0.05, 0.1) is 19.6 Å². The number of methoxy groups -OCH3 is 1. The van der Waals surface area contributed by atoms with Crippen molar-refractivity contribution in [3.05, 3.63) is 35.9 Å². The quantitative estimate of drug-likeness (QED) is 0.617. The van der Waals surface area contributed by atoms with E-state index in [1.165, 1.54) is 6.08 Å². The molecular weight excluding hydrogens is 270 g/mol. The number of para-hydroxylation sites is 1. The molecule has 0 atom stereocenters. The number of amides is 1. The van der Waals surface area contributed by atoms with Gasteiger partial charge >= 0.3 is 5.97 Å². The monoisotopic (exact) mass is 291 g/mol. The molecule has 1 rings (SSSR count). The molecular formula is C16H21NO4. The van der Waals surface area contributed by atoms with Gasteiger partial charge < -0.3 is 14.8 Å². The Balaban J connectivity index is 2.40. The molecule has 0 spiro atoms. The van der Waals surface area contributed by atoms with Gasteiger partial charge in [-0.2, -0.15) is 0 Å². The fourth-order valence-corrected chi connectivity index (χ4v) is 1.64. The summed E-state index contributed by atoms with van der Waals surface area (Å²) in [5.41, 5.74) is 0.814. The minimum atomic E-state index is -0.320. The zero-order valence-corrected chi connectivity index (χ0v) is 12.6. The van der Waals surface area contributed by atoms with Gasteiger partial charge in [0.1, 0.15) is 5.75 Å². The fraction of sp³-hybridized carbons (Fsp3) is 0.375. The van der Waals surface area contributed by atoms with Gasteiger partial charge in [0.15, 0.2) is 0 Å². The Morgan fingerprint density at radius 2 is 2.00 bits per heavy atom. The van der Waals surface area contributed by atoms with E-state index in [0.29, 0.717) is 5.75 Å². The van der Waals surface area contributed by atoms with Crippen molar-refractivity contribution in [2.45, 2.75) is 26.4 Å². The van der Waals surface area contributed by atoms with E-state index in [1.54, 1.807) is 27.0 Å². The largest absolute Gasteiger partial charge is 0.496 e. The molecule has 0 aliphatic heterocycles. The first-order valence-corrected chi connectivity index (χ1v) is 6.81. The van der Waals surface area contributed by atoms with Crippen LogP contribution in [0.15, 0.2) is 30.3 Å². The Bertz CT molecular complexity index is 509. The second kappa shape index (κ2) is 8.79. The number of hydrogen-bond donors (Lipinski definition) is 1. The van der Waals surface area contributed by atoms with Crippen molar-refractivity contribution in [1.82, 2.24) is 5.32 Å². The van der Waals surface area contributed by atoms with Crippen LogP contribution in [-0.4, -0.2) is 31.6 Å². The lowest BCUT2D eigenvalue weighted by atomic mass is 10.2. The number of benzene rings is 1. The lowest BCUT2D eigenvalue weighted by molar-refractivity contribution is -0.147. The highest BCUT2D eigenvalue weighted by molar-refractivity contribution is 5.92. The Morgan fingerprint density at radius 1 is 1.29 bits per heavy atom. The average Bonchev–Trinajstić information content (AvgIpc) is 2.44. The molecule has 114 valence electrons. The van der Waals surface area contributed by atoms with Crippen LogP contribution in [-0.2, 0) is 14.3 Å². The fourth-order valence-electron chi connectivity index (χ4n) is 1.64. The second-order valence-electron chi connectivity index (χ2n) is 4.65. The molecule has 0 aliphatic rings. The first kappa shape index (κ1) is 16.8. The molecule has 0 bridgehead atoms. The normalized spacial score (nSPS) is 10.7. The molecule has 5 heteroatoms. The van der Waals surface area contributed by atoms with Crippen LogP contribution < -0.4 is 10.1 Å². The Kier molecular flexibility index (Phi) is 7.01. The highest BCUT2D eigenvalue weighted by atomic mass is 16.5. The maximum absolute atomic E-state index is 11.6. The summed E-state index contributed by atoms with van der Waals surface area (Å²) in [7, 11) is 1.58. The van der Waals surface area contributed by atoms with Gasteiger partial charge in [-0.3, -0.25) is 9.59 Å². The third kappa shape index (κ3) is 6.61. The van der Waals surface area contributed by atoms with Crippen molar-refractivity contribution in [3.63, 3.8) is 0 Å². The Morgan fingerprint density at radius 3 is 2.67 bits per heavy atom. The van der Waals surface area contributed by atoms with Crippen molar-refractivity contribution in [2.24, 2.45) is 0 Å². The molecule has 1 amide bonds. The van der Waals surface area contributed by atoms with Crippen molar-refractivity contribution in [1.29, 1.82) is 0 Å². The van der Waals surface area contributed by atoms with E-state index in [-0.39, 0.29) is 30.9 Å². The summed E-state index contributed by atoms with van der Waals surface area (Å²) in [6.45, 7) is 3.82. The first-order valence-electron chi connectivity index (χ1n) is 6.81. The molecule has 0 saturated carbocycles. The van der Waals surface area contributed by atoms with Crippen LogP contribution in [0.4, 0.5) is 0 Å². The minimum Gasteiger partial charge on any atom is -0.496 e. The van der Waals surface area contributed by atoms with E-state index < -0.39 is 0 Å². The Hall–Kier alpha value is -2.30. The average molecular weight is 291 g/mol. The standard InChI is InChI=1S/C16H21NO4/c1-12(2)21-16(19)10-11-17-15(18)9-8-13-6-4-5-7-14(13)20-3/h4-9,12H,10-11H2,1-3H3,(H,17,18)/b9-8+. The van der Waals surface area contributed by atoms with Gasteiger partial charge in [0.2, 0.25) is 5.91 Å². The molecule has 0 fully saturated rings. The SMILES string of the molecule is COc1ccccc1/C=C/C(=O)NCCC(=O)OC(C)C. The van der Waals surface area contributed by atoms with E-state index in [1.807, 2.05) is 24.3 Å². The summed E-state index contributed by atoms with van der Waals surface area (Å²) >= 11 is 0. The molecule has 0 saturated heterocycles. The third-order valence-electron chi connectivity index (χ3n) is 2.55. The number of nitrogens with one attached hydrogen (secondary N) is 1. The van der Waals surface area contributed by atoms with Crippen LogP contribution in [0.25, 0.3) is 6.08 Å². The van der Waals surface area contributed by atoms with Crippen LogP contribution in [0.3, 0.4) is 0 Å². The number of ether oxygens (including phenoxy) is 2. The highest BCUT2D eigenvalue weighted by Gasteiger charge is 2.05. The van der Waals surface area contributed by atoms with Crippen LogP contribution in [0.5, 0.6) is 5.75 Å². The van der Waals surface area contributed by atoms with Gasteiger partial charge in [-0.05, 0) is 26.0 Å². The molecule has 0 aliphatic carbocycles. The van der Waals surface area contributed by atoms with Crippen molar-refractivity contribution in [3.8, 4) is 5.75 Å². The van der Waals surface area contributed by atoms with Gasteiger partial charge in [-0.25, -0.2) is 0 Å². The highest BCUT2D eigenvalue weighted by Crippen LogP contribution is 2.18. The molecule has 0 heterocycles. The van der Waals surface area contributed by atoms with Crippen molar-refractivity contribution >= 4 is 18.0 Å². The molecule has 5 nitrogen and oxygen atoms in total. The first-order chi connectivity index (χ1) is 10.0. The van der Waals surface area contributed by atoms with Crippen LogP contribution in [0.2, 0.25) is 0 Å². The van der Waals surface area contributed by atoms with Crippen LogP contribution in [0.1, 0.15) is 25.8 Å². The molecule has 21 heavy (non-hydrogen) atoms. The summed E-state index contributed by atoms with van der Waals surface area (Å²) in [6.07, 6.45) is 3.09. The number of hydrogen-bond acceptors (Lipinski definition) is 4. The molecule has 1 aromatic carbocycles. The van der Waals surface area contributed by atoms with Crippen LogP contribution in [0, 0.1) is 0 Å². The second-order valence-corrected chi connectivity index (χ2v) is 4.65. The number of carbonyl (C=O) groups excluding carboxylic acids is 2. The van der Waals surface area contributed by atoms with Crippen molar-refractivity contribution in [2.75, 3.05) is 13.7 Å². The zero-order chi connectivity index (χ0) is 15.7. The predicted molar refractivity (Wildman–Crippen MR) is 80.9 cm³/mol. The van der Waals surface area contributed by atoms with E-state index in [4.69, 9.17) is 9.47 Å². The number of rotatable bonds is 7. The topological polar surface area (TPSA) is 64.6 Å². The van der Waals surface area contributed by atoms with E-state index in [0.717, 1.165) is 5.56 Å². The van der Waals surface area contributed by atoms with E-state index in [9.17, 15) is 9.59 Å². The molecule has 0 unspecified atom stereocenters. The number of carbonyl (C=O) groups is 2. The molecule has 0 radical (unpaired) electrons. The zero-order valence-electron chi connectivity index (χ0n) is 12.6. The molecule has 1 N–H and O–H groups in total. The van der Waals surface area contributed by atoms with E-state index in [2.05, 4.69) is 5.32 Å². The molecule has 0 aromatic heterocycles. The predicted octanol–water partition coefficient (Wildman–Crippen LogP) is 2.17. The van der Waals surface area contributed by atoms with Crippen LogP contribution >= 0.6 is 0 Å². The van der Waals surface area contributed by atoms with Gasteiger partial charge in [-0.1, -0.05) is 18.2 Å². The Labute approximate surface area is 124 Å². The maximum atomic E-state index is 11.6. The summed E-state index contributed by atoms with van der Waals surface area (Å²) in [5.74, 6) is 0.110. The number of esters is 1. The lowest BCUT2D eigenvalue weighted by Gasteiger charge is -2.07. The van der Waals surface area contributed by atoms with Crippen molar-refractivity contribution < 1.29 is 19.1 Å². The van der Waals surface area contributed by atoms with E-state index >= 15 is 0 Å². The lowest BCUT2D eigenvalue weighted by Crippen LogP contribution is -2.25. The van der Waals surface area contributed by atoms with Gasteiger partial charge in [0, 0.05) is 18.2 Å². The third-order valence-corrected chi connectivity index (χ3v) is 2.55. The maximum Gasteiger partial charge on any atom is 0.307 e. The summed E-state index contributed by atoms with van der Waals surface area (Å²) < 4.78 is 10.1. The van der Waals surface area contributed by atoms with Gasteiger partial charge in [0.25, 0.3) is 0 Å². The smallest absolute Gasteiger partial charge is 0.307 e. The summed E-state index contributed by atoms with van der Waals surface area (Å²) in [5, 5.41) is 2.63. The molecule has 1 aromatic rings. The minimum absolute atomic E-state index is 0.140.